The number of anilines is 1. The lowest BCUT2D eigenvalue weighted by atomic mass is 9.96. The van der Waals surface area contributed by atoms with E-state index < -0.39 is 5.97 Å². The van der Waals surface area contributed by atoms with Crippen LogP contribution in [-0.2, 0) is 0 Å². The molecule has 20 heavy (non-hydrogen) atoms. The van der Waals surface area contributed by atoms with E-state index in [9.17, 15) is 4.79 Å². The fourth-order valence-electron chi connectivity index (χ4n) is 2.83. The number of carbonyl (C=O) groups is 1. The van der Waals surface area contributed by atoms with Crippen LogP contribution in [0.5, 0.6) is 0 Å². The molecule has 0 aliphatic carbocycles. The van der Waals surface area contributed by atoms with Gasteiger partial charge in [-0.3, -0.25) is 0 Å². The second-order valence-electron chi connectivity index (χ2n) is 5.25. The number of aromatic carboxylic acids is 1. The van der Waals surface area contributed by atoms with Crippen LogP contribution < -0.4 is 5.32 Å². The largest absolute Gasteiger partial charge is 0.476 e. The van der Waals surface area contributed by atoms with E-state index in [1.54, 1.807) is 6.20 Å². The first-order valence-electron chi connectivity index (χ1n) is 6.69. The van der Waals surface area contributed by atoms with Crippen molar-refractivity contribution in [3.63, 3.8) is 0 Å². The summed E-state index contributed by atoms with van der Waals surface area (Å²) >= 11 is 0. The molecule has 0 fully saturated rings. The molecule has 0 saturated carbocycles. The molecule has 5 heteroatoms. The van der Waals surface area contributed by atoms with Gasteiger partial charge in [-0.2, -0.15) is 0 Å². The van der Waals surface area contributed by atoms with Crippen molar-refractivity contribution >= 4 is 11.9 Å². The second-order valence-corrected chi connectivity index (χ2v) is 5.25. The van der Waals surface area contributed by atoms with Gasteiger partial charge in [-0.1, -0.05) is 23.8 Å². The number of rotatable bonds is 2. The van der Waals surface area contributed by atoms with E-state index >= 15 is 0 Å². The summed E-state index contributed by atoms with van der Waals surface area (Å²) in [6.45, 7) is 4.97. The molecular weight excluding hydrogens is 254 g/mol. The van der Waals surface area contributed by atoms with Crippen molar-refractivity contribution in [1.82, 2.24) is 9.55 Å². The Labute approximate surface area is 117 Å². The summed E-state index contributed by atoms with van der Waals surface area (Å²) in [4.78, 5) is 15.2. The molecule has 2 aromatic rings. The van der Waals surface area contributed by atoms with Gasteiger partial charge >= 0.3 is 5.97 Å². The fourth-order valence-corrected chi connectivity index (χ4v) is 2.83. The highest BCUT2D eigenvalue weighted by atomic mass is 16.4. The standard InChI is InChI=1S/C15H17N3O2/c1-9-3-4-11(10(2)7-9)13-5-6-16-15-17-12(14(19)20)8-18(13)15/h3-4,7-8,13H,5-6H2,1-2H3,(H,16,17)(H,19,20). The molecule has 1 unspecified atom stereocenters. The van der Waals surface area contributed by atoms with Gasteiger partial charge in [-0.05, 0) is 31.4 Å². The Morgan fingerprint density at radius 1 is 1.45 bits per heavy atom. The van der Waals surface area contributed by atoms with Crippen molar-refractivity contribution in [2.45, 2.75) is 26.3 Å². The maximum absolute atomic E-state index is 11.1. The van der Waals surface area contributed by atoms with E-state index in [1.165, 1.54) is 16.7 Å². The van der Waals surface area contributed by atoms with Crippen LogP contribution in [-0.4, -0.2) is 27.2 Å². The van der Waals surface area contributed by atoms with E-state index in [0.29, 0.717) is 5.95 Å². The lowest BCUT2D eigenvalue weighted by Crippen LogP contribution is -2.23. The molecule has 0 amide bonds. The number of aromatic nitrogens is 2. The van der Waals surface area contributed by atoms with Crippen molar-refractivity contribution < 1.29 is 9.90 Å². The van der Waals surface area contributed by atoms with Crippen molar-refractivity contribution in [2.75, 3.05) is 11.9 Å². The molecule has 0 saturated heterocycles. The van der Waals surface area contributed by atoms with E-state index in [4.69, 9.17) is 5.11 Å². The van der Waals surface area contributed by atoms with Gasteiger partial charge in [-0.25, -0.2) is 9.78 Å². The zero-order chi connectivity index (χ0) is 14.3. The lowest BCUT2D eigenvalue weighted by molar-refractivity contribution is 0.0691. The van der Waals surface area contributed by atoms with Crippen LogP contribution in [0.25, 0.3) is 0 Å². The van der Waals surface area contributed by atoms with E-state index in [2.05, 4.69) is 42.3 Å². The Bertz CT molecular complexity index is 676. The van der Waals surface area contributed by atoms with Gasteiger partial charge in [-0.15, -0.1) is 0 Å². The van der Waals surface area contributed by atoms with Gasteiger partial charge in [0.05, 0.1) is 6.04 Å². The summed E-state index contributed by atoms with van der Waals surface area (Å²) in [7, 11) is 0. The van der Waals surface area contributed by atoms with Crippen molar-refractivity contribution in [1.29, 1.82) is 0 Å². The fraction of sp³-hybridized carbons (Fsp3) is 0.333. The van der Waals surface area contributed by atoms with E-state index in [1.807, 2.05) is 4.57 Å². The number of nitrogens with one attached hydrogen (secondary N) is 1. The summed E-state index contributed by atoms with van der Waals surface area (Å²) in [5, 5.41) is 12.2. The summed E-state index contributed by atoms with van der Waals surface area (Å²) in [5.41, 5.74) is 3.78. The Hall–Kier alpha value is -2.30. The van der Waals surface area contributed by atoms with Crippen molar-refractivity contribution in [3.8, 4) is 0 Å². The molecule has 2 N–H and O–H groups in total. The van der Waals surface area contributed by atoms with Crippen LogP contribution in [0.15, 0.2) is 24.4 Å². The number of carboxylic acids is 1. The van der Waals surface area contributed by atoms with Gasteiger partial charge in [0.2, 0.25) is 5.95 Å². The molecule has 3 rings (SSSR count). The topological polar surface area (TPSA) is 67.2 Å². The highest BCUT2D eigenvalue weighted by Crippen LogP contribution is 2.31. The van der Waals surface area contributed by atoms with Crippen LogP contribution in [0.2, 0.25) is 0 Å². The third-order valence-corrected chi connectivity index (χ3v) is 3.77. The van der Waals surface area contributed by atoms with Crippen LogP contribution in [0.3, 0.4) is 0 Å². The first-order chi connectivity index (χ1) is 9.56. The molecule has 1 aromatic carbocycles. The number of benzene rings is 1. The SMILES string of the molecule is Cc1ccc(C2CCNc3nc(C(=O)O)cn32)c(C)c1. The molecule has 1 aromatic heterocycles. The van der Waals surface area contributed by atoms with Gasteiger partial charge in [0, 0.05) is 12.7 Å². The maximum Gasteiger partial charge on any atom is 0.356 e. The van der Waals surface area contributed by atoms with Gasteiger partial charge in [0.15, 0.2) is 5.69 Å². The zero-order valence-corrected chi connectivity index (χ0v) is 11.6. The smallest absolute Gasteiger partial charge is 0.356 e. The Balaban J connectivity index is 2.07. The van der Waals surface area contributed by atoms with Gasteiger partial charge in [0.1, 0.15) is 0 Å². The monoisotopic (exact) mass is 271 g/mol. The quantitative estimate of drug-likeness (QED) is 0.881. The third kappa shape index (κ3) is 2.05. The molecule has 104 valence electrons. The normalized spacial score (nSPS) is 17.4. The Kier molecular flexibility index (Phi) is 2.97. The van der Waals surface area contributed by atoms with Crippen LogP contribution in [0.1, 0.15) is 39.6 Å². The number of fused-ring (bicyclic) bond motifs is 1. The highest BCUT2D eigenvalue weighted by molar-refractivity contribution is 5.85. The zero-order valence-electron chi connectivity index (χ0n) is 11.6. The molecule has 1 aliphatic heterocycles. The molecule has 5 nitrogen and oxygen atoms in total. The average Bonchev–Trinajstić information content (AvgIpc) is 2.83. The first kappa shape index (κ1) is 12.7. The Morgan fingerprint density at radius 3 is 2.95 bits per heavy atom. The number of carboxylic acid groups (broad SMARTS) is 1. The van der Waals surface area contributed by atoms with E-state index in [-0.39, 0.29) is 11.7 Å². The molecule has 2 heterocycles. The molecule has 1 aliphatic rings. The van der Waals surface area contributed by atoms with Crippen LogP contribution in [0.4, 0.5) is 5.95 Å². The Morgan fingerprint density at radius 2 is 2.25 bits per heavy atom. The number of hydrogen-bond donors (Lipinski definition) is 2. The summed E-state index contributed by atoms with van der Waals surface area (Å²) < 4.78 is 1.94. The predicted octanol–water partition coefficient (Wildman–Crippen LogP) is 2.60. The maximum atomic E-state index is 11.1. The third-order valence-electron chi connectivity index (χ3n) is 3.77. The van der Waals surface area contributed by atoms with Crippen molar-refractivity contribution in [2.24, 2.45) is 0 Å². The average molecular weight is 271 g/mol. The molecule has 0 bridgehead atoms. The molecular formula is C15H17N3O2. The first-order valence-corrected chi connectivity index (χ1v) is 6.69. The van der Waals surface area contributed by atoms with Crippen LogP contribution >= 0.6 is 0 Å². The lowest BCUT2D eigenvalue weighted by Gasteiger charge is -2.27. The van der Waals surface area contributed by atoms with E-state index in [0.717, 1.165) is 13.0 Å². The molecule has 0 radical (unpaired) electrons. The number of aryl methyl sites for hydroxylation is 2. The van der Waals surface area contributed by atoms with Crippen LogP contribution in [0, 0.1) is 13.8 Å². The van der Waals surface area contributed by atoms with Crippen molar-refractivity contribution in [3.05, 3.63) is 46.8 Å². The van der Waals surface area contributed by atoms with Gasteiger partial charge < -0.3 is 15.0 Å². The summed E-state index contributed by atoms with van der Waals surface area (Å²) in [6.07, 6.45) is 2.54. The molecule has 1 atom stereocenters. The number of imidazole rings is 1. The summed E-state index contributed by atoms with van der Waals surface area (Å²) in [6, 6.07) is 6.53. The summed E-state index contributed by atoms with van der Waals surface area (Å²) in [5.74, 6) is -0.355. The minimum absolute atomic E-state index is 0.0872. The highest BCUT2D eigenvalue weighted by Gasteiger charge is 2.25. The molecule has 0 spiro atoms. The van der Waals surface area contributed by atoms with Gasteiger partial charge in [0.25, 0.3) is 0 Å². The predicted molar refractivity (Wildman–Crippen MR) is 76.3 cm³/mol. The minimum Gasteiger partial charge on any atom is -0.476 e. The number of nitrogens with zero attached hydrogens (tertiary/aromatic N) is 2. The minimum atomic E-state index is -0.993. The number of hydrogen-bond acceptors (Lipinski definition) is 3. The second kappa shape index (κ2) is 4.67.